The van der Waals surface area contributed by atoms with Crippen molar-refractivity contribution in [3.05, 3.63) is 41.7 Å². The van der Waals surface area contributed by atoms with Gasteiger partial charge >= 0.3 is 0 Å². The number of aliphatic hydroxyl groups excluding tert-OH is 1. The van der Waals surface area contributed by atoms with Crippen molar-refractivity contribution in [2.24, 2.45) is 0 Å². The topological polar surface area (TPSA) is 20.2 Å². The SMILES string of the molecule is Cc1cccc(C=CO)c1. The van der Waals surface area contributed by atoms with E-state index in [9.17, 15) is 0 Å². The van der Waals surface area contributed by atoms with E-state index in [1.54, 1.807) is 6.08 Å². The number of aliphatic hydroxyl groups is 1. The van der Waals surface area contributed by atoms with Gasteiger partial charge in [-0.25, -0.2) is 0 Å². The van der Waals surface area contributed by atoms with Gasteiger partial charge in [0.15, 0.2) is 0 Å². The normalized spacial score (nSPS) is 10.5. The molecule has 0 atom stereocenters. The Balaban J connectivity index is 2.95. The van der Waals surface area contributed by atoms with E-state index in [1.807, 2.05) is 31.2 Å². The van der Waals surface area contributed by atoms with E-state index < -0.39 is 0 Å². The van der Waals surface area contributed by atoms with Gasteiger partial charge in [0.2, 0.25) is 0 Å². The van der Waals surface area contributed by atoms with Crippen LogP contribution < -0.4 is 0 Å². The number of rotatable bonds is 1. The molecular weight excluding hydrogens is 124 g/mol. The van der Waals surface area contributed by atoms with E-state index in [1.165, 1.54) is 5.56 Å². The van der Waals surface area contributed by atoms with Gasteiger partial charge in [0.1, 0.15) is 0 Å². The lowest BCUT2D eigenvalue weighted by molar-refractivity contribution is 0.478. The Morgan fingerprint density at radius 1 is 1.40 bits per heavy atom. The van der Waals surface area contributed by atoms with Gasteiger partial charge in [0.25, 0.3) is 0 Å². The second-order valence-corrected chi connectivity index (χ2v) is 2.23. The van der Waals surface area contributed by atoms with Crippen molar-refractivity contribution >= 4 is 6.08 Å². The molecule has 10 heavy (non-hydrogen) atoms. The van der Waals surface area contributed by atoms with Gasteiger partial charge in [-0.1, -0.05) is 29.8 Å². The van der Waals surface area contributed by atoms with E-state index in [4.69, 9.17) is 5.11 Å². The van der Waals surface area contributed by atoms with Crippen molar-refractivity contribution in [3.8, 4) is 0 Å². The highest BCUT2D eigenvalue weighted by atomic mass is 16.2. The van der Waals surface area contributed by atoms with Crippen LogP contribution in [0.5, 0.6) is 0 Å². The second-order valence-electron chi connectivity index (χ2n) is 2.23. The third-order valence-electron chi connectivity index (χ3n) is 1.31. The zero-order chi connectivity index (χ0) is 7.40. The van der Waals surface area contributed by atoms with Crippen molar-refractivity contribution < 1.29 is 5.11 Å². The van der Waals surface area contributed by atoms with Crippen molar-refractivity contribution in [2.75, 3.05) is 0 Å². The fourth-order valence-corrected chi connectivity index (χ4v) is 0.860. The van der Waals surface area contributed by atoms with E-state index in [0.717, 1.165) is 11.8 Å². The minimum absolute atomic E-state index is 1.03. The van der Waals surface area contributed by atoms with Crippen molar-refractivity contribution in [3.63, 3.8) is 0 Å². The summed E-state index contributed by atoms with van der Waals surface area (Å²) >= 11 is 0. The first-order valence-corrected chi connectivity index (χ1v) is 3.20. The van der Waals surface area contributed by atoms with Gasteiger partial charge in [-0.05, 0) is 18.6 Å². The van der Waals surface area contributed by atoms with Crippen molar-refractivity contribution in [1.82, 2.24) is 0 Å². The average molecular weight is 134 g/mol. The average Bonchev–Trinajstić information content (AvgIpc) is 1.88. The van der Waals surface area contributed by atoms with Gasteiger partial charge in [-0.15, -0.1) is 0 Å². The maximum absolute atomic E-state index is 8.43. The highest BCUT2D eigenvalue weighted by Gasteiger charge is 1.84. The lowest BCUT2D eigenvalue weighted by Gasteiger charge is -1.92. The zero-order valence-corrected chi connectivity index (χ0v) is 5.91. The molecule has 1 aromatic carbocycles. The first-order valence-electron chi connectivity index (χ1n) is 3.20. The molecule has 0 aliphatic rings. The summed E-state index contributed by atoms with van der Waals surface area (Å²) in [6.07, 6.45) is 2.71. The van der Waals surface area contributed by atoms with Crippen LogP contribution in [0, 0.1) is 6.92 Å². The van der Waals surface area contributed by atoms with Crippen LogP contribution in [0.3, 0.4) is 0 Å². The predicted octanol–water partition coefficient (Wildman–Crippen LogP) is 2.52. The van der Waals surface area contributed by atoms with Crippen LogP contribution in [-0.2, 0) is 0 Å². The van der Waals surface area contributed by atoms with E-state index in [2.05, 4.69) is 0 Å². The molecule has 1 aromatic rings. The molecule has 0 aliphatic heterocycles. The molecule has 0 spiro atoms. The zero-order valence-electron chi connectivity index (χ0n) is 5.91. The third-order valence-corrected chi connectivity index (χ3v) is 1.31. The molecular formula is C9H10O. The first-order chi connectivity index (χ1) is 4.83. The molecule has 52 valence electrons. The maximum atomic E-state index is 8.43. The van der Waals surface area contributed by atoms with Gasteiger partial charge < -0.3 is 5.11 Å². The Bertz CT molecular complexity index is 238. The molecule has 1 nitrogen and oxygen atoms in total. The number of aryl methyl sites for hydroxylation is 1. The molecule has 1 rings (SSSR count). The molecule has 0 radical (unpaired) electrons. The molecule has 1 heteroatoms. The predicted molar refractivity (Wildman–Crippen MR) is 42.8 cm³/mol. The van der Waals surface area contributed by atoms with Crippen LogP contribution in [0.15, 0.2) is 30.5 Å². The summed E-state index contributed by atoms with van der Waals surface area (Å²) < 4.78 is 0. The van der Waals surface area contributed by atoms with Gasteiger partial charge in [-0.2, -0.15) is 0 Å². The summed E-state index contributed by atoms with van der Waals surface area (Å²) in [5, 5.41) is 8.43. The van der Waals surface area contributed by atoms with Gasteiger partial charge in [0.05, 0.1) is 6.26 Å². The number of hydrogen-bond donors (Lipinski definition) is 1. The Labute approximate surface area is 60.6 Å². The summed E-state index contributed by atoms with van der Waals surface area (Å²) in [6, 6.07) is 7.94. The third kappa shape index (κ3) is 1.62. The molecule has 0 unspecified atom stereocenters. The molecule has 1 N–H and O–H groups in total. The van der Waals surface area contributed by atoms with Crippen LogP contribution in [0.25, 0.3) is 6.08 Å². The highest BCUT2D eigenvalue weighted by Crippen LogP contribution is 2.04. The monoisotopic (exact) mass is 134 g/mol. The Kier molecular flexibility index (Phi) is 2.11. The fourth-order valence-electron chi connectivity index (χ4n) is 0.860. The van der Waals surface area contributed by atoms with Gasteiger partial charge in [-0.3, -0.25) is 0 Å². The van der Waals surface area contributed by atoms with Crippen LogP contribution in [0.2, 0.25) is 0 Å². The van der Waals surface area contributed by atoms with Crippen molar-refractivity contribution in [2.45, 2.75) is 6.92 Å². The van der Waals surface area contributed by atoms with Crippen molar-refractivity contribution in [1.29, 1.82) is 0 Å². The minimum Gasteiger partial charge on any atom is -0.516 e. The molecule has 0 bridgehead atoms. The highest BCUT2D eigenvalue weighted by molar-refractivity contribution is 5.48. The lowest BCUT2D eigenvalue weighted by Crippen LogP contribution is -1.73. The molecule has 0 fully saturated rings. The van der Waals surface area contributed by atoms with Gasteiger partial charge in [0, 0.05) is 0 Å². The van der Waals surface area contributed by atoms with E-state index in [0.29, 0.717) is 0 Å². The van der Waals surface area contributed by atoms with Crippen LogP contribution >= 0.6 is 0 Å². The largest absolute Gasteiger partial charge is 0.516 e. The molecule has 0 saturated heterocycles. The molecule has 0 amide bonds. The van der Waals surface area contributed by atoms with E-state index >= 15 is 0 Å². The van der Waals surface area contributed by atoms with E-state index in [-0.39, 0.29) is 0 Å². The molecule has 0 heterocycles. The van der Waals surface area contributed by atoms with Crippen LogP contribution in [0.1, 0.15) is 11.1 Å². The lowest BCUT2D eigenvalue weighted by atomic mass is 10.1. The quantitative estimate of drug-likeness (QED) is 0.585. The number of benzene rings is 1. The second kappa shape index (κ2) is 3.06. The Morgan fingerprint density at radius 2 is 2.20 bits per heavy atom. The summed E-state index contributed by atoms with van der Waals surface area (Å²) in [5.74, 6) is 0. The molecule has 0 aliphatic carbocycles. The molecule has 0 aromatic heterocycles. The Hall–Kier alpha value is -1.24. The fraction of sp³-hybridized carbons (Fsp3) is 0.111. The molecule has 0 saturated carbocycles. The summed E-state index contributed by atoms with van der Waals surface area (Å²) in [4.78, 5) is 0. The maximum Gasteiger partial charge on any atom is 0.0797 e. The smallest absolute Gasteiger partial charge is 0.0797 e. The van der Waals surface area contributed by atoms with Crippen LogP contribution in [0.4, 0.5) is 0 Å². The summed E-state index contributed by atoms with van der Waals surface area (Å²) in [5.41, 5.74) is 2.23. The van der Waals surface area contributed by atoms with Crippen LogP contribution in [-0.4, -0.2) is 5.11 Å². The first kappa shape index (κ1) is 6.87. The standard InChI is InChI=1S/C9H10O/c1-8-3-2-4-9(7-8)5-6-10/h2-7,10H,1H3. The summed E-state index contributed by atoms with van der Waals surface area (Å²) in [6.45, 7) is 2.02. The minimum atomic E-state index is 1.03. The number of hydrogen-bond acceptors (Lipinski definition) is 1. The summed E-state index contributed by atoms with van der Waals surface area (Å²) in [7, 11) is 0. The Morgan fingerprint density at radius 3 is 2.80 bits per heavy atom.